The molecule has 0 aliphatic carbocycles. The van der Waals surface area contributed by atoms with Crippen LogP contribution in [0.15, 0.2) is 54.6 Å². The number of nitrogens with one attached hydrogen (secondary N) is 2. The van der Waals surface area contributed by atoms with Gasteiger partial charge in [-0.25, -0.2) is 32.4 Å². The number of anilines is 4. The molecule has 2 saturated heterocycles. The normalized spacial score (nSPS) is 14.9. The van der Waals surface area contributed by atoms with Crippen LogP contribution in [0.1, 0.15) is 22.6 Å². The van der Waals surface area contributed by atoms with Gasteiger partial charge >= 0.3 is 0 Å². The topological polar surface area (TPSA) is 153 Å². The van der Waals surface area contributed by atoms with Gasteiger partial charge in [-0.05, 0) is 65.1 Å². The third-order valence-corrected chi connectivity index (χ3v) is 10.5. The lowest BCUT2D eigenvalue weighted by Gasteiger charge is -2.35. The van der Waals surface area contributed by atoms with E-state index in [1.165, 1.54) is 16.7 Å². The third-order valence-electron chi connectivity index (χ3n) is 9.85. The minimum Gasteiger partial charge on any atom is -0.378 e. The predicted octanol–water partition coefficient (Wildman–Crippen LogP) is 5.28. The number of morpholine rings is 1. The van der Waals surface area contributed by atoms with Gasteiger partial charge in [0, 0.05) is 49.4 Å². The van der Waals surface area contributed by atoms with Crippen LogP contribution in [0.3, 0.4) is 0 Å². The SMILES string of the molecule is O=C(NOCCOCCOCCOCCN1CCN(c2nc(N3CCOCC3)nc(-n3c(C(F)F)nc4ccccc43)n2)CC1)c1ccc(F)c(F)c1Nc1ccc(I)cc1F. The lowest BCUT2D eigenvalue weighted by atomic mass is 10.1. The first-order valence-corrected chi connectivity index (χ1v) is 20.9. The van der Waals surface area contributed by atoms with Crippen LogP contribution in [-0.4, -0.2) is 141 Å². The number of para-hydroxylation sites is 2. The summed E-state index contributed by atoms with van der Waals surface area (Å²) in [5.74, 6) is -3.66. The molecule has 2 aliphatic heterocycles. The lowest BCUT2D eigenvalue weighted by molar-refractivity contribution is -0.0207. The van der Waals surface area contributed by atoms with Gasteiger partial charge in [-0.1, -0.05) is 12.1 Å². The van der Waals surface area contributed by atoms with E-state index >= 15 is 0 Å². The number of ether oxygens (including phenoxy) is 4. The number of hydrogen-bond acceptors (Lipinski definition) is 14. The van der Waals surface area contributed by atoms with E-state index in [2.05, 4.69) is 25.7 Å². The summed E-state index contributed by atoms with van der Waals surface area (Å²) >= 11 is 1.91. The Bertz CT molecular complexity index is 2280. The first-order valence-electron chi connectivity index (χ1n) is 19.8. The number of piperazine rings is 1. The maximum Gasteiger partial charge on any atom is 0.296 e. The number of nitrogens with zero attached hydrogens (tertiary/aromatic N) is 8. The van der Waals surface area contributed by atoms with E-state index in [0.717, 1.165) is 12.1 Å². The van der Waals surface area contributed by atoms with Gasteiger partial charge in [0.1, 0.15) is 5.82 Å². The summed E-state index contributed by atoms with van der Waals surface area (Å²) in [5.41, 5.74) is 2.10. The van der Waals surface area contributed by atoms with Crippen molar-refractivity contribution in [3.8, 4) is 5.95 Å². The molecule has 332 valence electrons. The molecule has 22 heteroatoms. The number of aromatic nitrogens is 5. The molecule has 7 rings (SSSR count). The Kier molecular flexibility index (Phi) is 16.0. The molecule has 0 spiro atoms. The second-order valence-corrected chi connectivity index (χ2v) is 15.2. The second kappa shape index (κ2) is 22.0. The molecule has 4 heterocycles. The fourth-order valence-corrected chi connectivity index (χ4v) is 7.11. The minimum absolute atomic E-state index is 0.0432. The Morgan fingerprint density at radius 2 is 1.39 bits per heavy atom. The summed E-state index contributed by atoms with van der Waals surface area (Å²) < 4.78 is 95.7. The van der Waals surface area contributed by atoms with E-state index < -0.39 is 41.3 Å². The molecule has 1 amide bonds. The Hall–Kier alpha value is -4.85. The molecular formula is C40H44F5IN10O6. The number of alkyl halides is 2. The molecule has 2 aromatic heterocycles. The fourth-order valence-electron chi connectivity index (χ4n) is 6.66. The van der Waals surface area contributed by atoms with Gasteiger partial charge in [-0.2, -0.15) is 15.0 Å². The maximum atomic E-state index is 14.6. The number of rotatable bonds is 20. The van der Waals surface area contributed by atoms with Gasteiger partial charge in [-0.15, -0.1) is 0 Å². The van der Waals surface area contributed by atoms with Crippen LogP contribution in [0.25, 0.3) is 17.0 Å². The number of halogens is 6. The number of fused-ring (bicyclic) bond motifs is 1. The van der Waals surface area contributed by atoms with Gasteiger partial charge in [0.25, 0.3) is 12.3 Å². The van der Waals surface area contributed by atoms with Crippen molar-refractivity contribution in [3.05, 3.63) is 87.0 Å². The van der Waals surface area contributed by atoms with E-state index in [1.807, 2.05) is 32.4 Å². The van der Waals surface area contributed by atoms with Crippen molar-refractivity contribution in [3.63, 3.8) is 0 Å². The summed E-state index contributed by atoms with van der Waals surface area (Å²) in [4.78, 5) is 42.4. The average molecular weight is 983 g/mol. The molecule has 2 fully saturated rings. The Morgan fingerprint density at radius 1 is 0.742 bits per heavy atom. The Balaban J connectivity index is 0.780. The van der Waals surface area contributed by atoms with Crippen LogP contribution in [0.4, 0.5) is 45.2 Å². The first-order chi connectivity index (χ1) is 30.2. The molecule has 0 atom stereocenters. The molecule has 0 bridgehead atoms. The fraction of sp³-hybridized carbons (Fsp3) is 0.425. The largest absolute Gasteiger partial charge is 0.378 e. The molecule has 0 saturated carbocycles. The lowest BCUT2D eigenvalue weighted by Crippen LogP contribution is -2.48. The molecule has 2 N–H and O–H groups in total. The number of amides is 1. The van der Waals surface area contributed by atoms with Crippen molar-refractivity contribution < 1.29 is 50.5 Å². The summed E-state index contributed by atoms with van der Waals surface area (Å²) in [6, 6.07) is 12.9. The molecule has 16 nitrogen and oxygen atoms in total. The third kappa shape index (κ3) is 11.6. The zero-order valence-electron chi connectivity index (χ0n) is 33.4. The summed E-state index contributed by atoms with van der Waals surface area (Å²) in [6.45, 7) is 7.34. The minimum atomic E-state index is -2.84. The number of carbonyl (C=O) groups is 1. The predicted molar refractivity (Wildman–Crippen MR) is 226 cm³/mol. The van der Waals surface area contributed by atoms with E-state index in [1.54, 1.807) is 30.3 Å². The van der Waals surface area contributed by atoms with Gasteiger partial charge in [-0.3, -0.25) is 19.1 Å². The zero-order chi connectivity index (χ0) is 43.4. The highest BCUT2D eigenvalue weighted by molar-refractivity contribution is 14.1. The number of imidazole rings is 1. The standard InChI is InChI=1S/C40H44F5IN10O6/c41-28-7-6-27(34(33(28)43)47-30-8-5-26(46)25-29(30)42)37(57)52-62-24-23-61-22-21-60-20-19-59-16-13-53-9-11-54(12-10-53)38-49-39(55-14-17-58-18-15-55)51-40(50-38)56-32-4-2-1-3-31(32)48-36(56)35(44)45/h1-8,25,35,47H,9-24H2,(H,52,57). The van der Waals surface area contributed by atoms with Crippen molar-refractivity contribution in [1.29, 1.82) is 0 Å². The highest BCUT2D eigenvalue weighted by Crippen LogP contribution is 2.30. The van der Waals surface area contributed by atoms with Crippen LogP contribution >= 0.6 is 22.6 Å². The van der Waals surface area contributed by atoms with Crippen LogP contribution in [0.2, 0.25) is 0 Å². The van der Waals surface area contributed by atoms with Crippen molar-refractivity contribution in [1.82, 2.24) is 34.9 Å². The number of hydroxylamine groups is 1. The Morgan fingerprint density at radius 3 is 2.08 bits per heavy atom. The highest BCUT2D eigenvalue weighted by Gasteiger charge is 2.27. The van der Waals surface area contributed by atoms with Crippen molar-refractivity contribution >= 4 is 62.8 Å². The second-order valence-electron chi connectivity index (χ2n) is 13.9. The monoisotopic (exact) mass is 982 g/mol. The van der Waals surface area contributed by atoms with E-state index in [0.29, 0.717) is 112 Å². The van der Waals surface area contributed by atoms with Crippen LogP contribution in [-0.2, 0) is 23.8 Å². The first kappa shape index (κ1) is 45.2. The smallest absolute Gasteiger partial charge is 0.296 e. The van der Waals surface area contributed by atoms with Gasteiger partial charge < -0.3 is 34.1 Å². The molecular weight excluding hydrogens is 938 g/mol. The van der Waals surface area contributed by atoms with E-state index in [-0.39, 0.29) is 37.0 Å². The van der Waals surface area contributed by atoms with Gasteiger partial charge in [0.2, 0.25) is 17.8 Å². The molecule has 2 aliphatic rings. The highest BCUT2D eigenvalue weighted by atomic mass is 127. The van der Waals surface area contributed by atoms with Crippen LogP contribution in [0.5, 0.6) is 0 Å². The average Bonchev–Trinajstić information content (AvgIpc) is 3.68. The van der Waals surface area contributed by atoms with Gasteiger partial charge in [0.15, 0.2) is 17.5 Å². The molecule has 3 aromatic carbocycles. The van der Waals surface area contributed by atoms with E-state index in [4.69, 9.17) is 33.8 Å². The van der Waals surface area contributed by atoms with Crippen molar-refractivity contribution in [2.45, 2.75) is 6.43 Å². The maximum absolute atomic E-state index is 14.6. The zero-order valence-corrected chi connectivity index (χ0v) is 35.5. The molecule has 0 radical (unpaired) electrons. The van der Waals surface area contributed by atoms with Gasteiger partial charge in [0.05, 0.1) is 87.4 Å². The van der Waals surface area contributed by atoms with Crippen molar-refractivity contribution in [2.75, 3.05) is 120 Å². The van der Waals surface area contributed by atoms with E-state index in [9.17, 15) is 26.7 Å². The Labute approximate surface area is 366 Å². The molecule has 5 aromatic rings. The van der Waals surface area contributed by atoms with Crippen LogP contribution in [0, 0.1) is 21.0 Å². The number of hydrogen-bond donors (Lipinski definition) is 2. The summed E-state index contributed by atoms with van der Waals surface area (Å²) in [6.07, 6.45) is -2.84. The number of benzene rings is 3. The molecule has 0 unspecified atom stereocenters. The number of carbonyl (C=O) groups excluding carboxylic acids is 1. The quantitative estimate of drug-likeness (QED) is 0.0450. The molecule has 62 heavy (non-hydrogen) atoms. The van der Waals surface area contributed by atoms with Crippen molar-refractivity contribution in [2.24, 2.45) is 0 Å². The summed E-state index contributed by atoms with van der Waals surface area (Å²) in [7, 11) is 0. The van der Waals surface area contributed by atoms with Crippen LogP contribution < -0.4 is 20.6 Å². The summed E-state index contributed by atoms with van der Waals surface area (Å²) in [5, 5.41) is 2.46.